The Morgan fingerprint density at radius 1 is 1.44 bits per heavy atom. The van der Waals surface area contributed by atoms with Crippen LogP contribution in [0.2, 0.25) is 0 Å². The molecule has 1 heterocycles. The van der Waals surface area contributed by atoms with Crippen molar-refractivity contribution >= 4 is 6.72 Å². The lowest BCUT2D eigenvalue weighted by molar-refractivity contribution is 0.0128. The molecule has 1 aliphatic heterocycles. The molecule has 1 fully saturated rings. The number of nitrogens with one attached hydrogen (secondary N) is 1. The number of hydrogen-bond acceptors (Lipinski definition) is 4. The molecule has 1 N–H and O–H groups in total. The van der Waals surface area contributed by atoms with Crippen molar-refractivity contribution in [1.29, 1.82) is 0 Å². The molecule has 4 nitrogen and oxygen atoms in total. The van der Waals surface area contributed by atoms with E-state index in [9.17, 15) is 0 Å². The Morgan fingerprint density at radius 2 is 2.11 bits per heavy atom. The number of hydrazine groups is 1. The third-order valence-electron chi connectivity index (χ3n) is 1.22. The summed E-state index contributed by atoms with van der Waals surface area (Å²) in [7, 11) is 0. The maximum atomic E-state index is 5.10. The van der Waals surface area contributed by atoms with E-state index in [0.717, 1.165) is 26.3 Å². The van der Waals surface area contributed by atoms with Crippen LogP contribution in [0, 0.1) is 0 Å². The van der Waals surface area contributed by atoms with Gasteiger partial charge < -0.3 is 4.74 Å². The Kier molecular flexibility index (Phi) is 2.48. The third-order valence-corrected chi connectivity index (χ3v) is 1.22. The van der Waals surface area contributed by atoms with E-state index in [1.165, 1.54) is 0 Å². The maximum absolute atomic E-state index is 5.10. The van der Waals surface area contributed by atoms with Crippen molar-refractivity contribution < 1.29 is 4.74 Å². The summed E-state index contributed by atoms with van der Waals surface area (Å²) < 4.78 is 5.10. The molecule has 0 aromatic heterocycles. The molecule has 0 aromatic rings. The Hall–Kier alpha value is -0.610. The van der Waals surface area contributed by atoms with Crippen LogP contribution in [0.3, 0.4) is 0 Å². The van der Waals surface area contributed by atoms with Gasteiger partial charge in [-0.2, -0.15) is 5.10 Å². The van der Waals surface area contributed by atoms with Gasteiger partial charge in [-0.3, -0.25) is 0 Å². The lowest BCUT2D eigenvalue weighted by Crippen LogP contribution is -2.43. The number of morpholine rings is 1. The second-order valence-electron chi connectivity index (χ2n) is 1.86. The van der Waals surface area contributed by atoms with Gasteiger partial charge in [0.25, 0.3) is 0 Å². The van der Waals surface area contributed by atoms with E-state index in [2.05, 4.69) is 17.4 Å². The van der Waals surface area contributed by atoms with E-state index >= 15 is 0 Å². The van der Waals surface area contributed by atoms with Gasteiger partial charge in [0.1, 0.15) is 0 Å². The van der Waals surface area contributed by atoms with Crippen LogP contribution in [-0.2, 0) is 4.74 Å². The van der Waals surface area contributed by atoms with Gasteiger partial charge in [0.15, 0.2) is 0 Å². The molecule has 0 bridgehead atoms. The standard InChI is InChI=1S/C5H11N3O/c1-6-7-8-2-4-9-5-3-8/h7H,1-5H2. The number of hydrogen-bond donors (Lipinski definition) is 1. The molecule has 4 heteroatoms. The minimum Gasteiger partial charge on any atom is -0.379 e. The first-order valence-electron chi connectivity index (χ1n) is 2.97. The Morgan fingerprint density at radius 3 is 2.67 bits per heavy atom. The summed E-state index contributed by atoms with van der Waals surface area (Å²) in [6.07, 6.45) is 0. The fourth-order valence-corrected chi connectivity index (χ4v) is 0.763. The van der Waals surface area contributed by atoms with E-state index in [0.29, 0.717) is 0 Å². The van der Waals surface area contributed by atoms with Crippen molar-refractivity contribution in [3.63, 3.8) is 0 Å². The first-order chi connectivity index (χ1) is 4.43. The zero-order valence-corrected chi connectivity index (χ0v) is 5.34. The van der Waals surface area contributed by atoms with Crippen molar-refractivity contribution in [3.05, 3.63) is 0 Å². The van der Waals surface area contributed by atoms with E-state index in [4.69, 9.17) is 4.74 Å². The molecule has 0 spiro atoms. The SMILES string of the molecule is C=NNN1CCOCC1. The second kappa shape index (κ2) is 3.42. The zero-order chi connectivity index (χ0) is 6.53. The molecule has 0 unspecified atom stereocenters. The molecule has 1 rings (SSSR count). The summed E-state index contributed by atoms with van der Waals surface area (Å²) in [5, 5.41) is 5.50. The molecule has 1 aliphatic rings. The lowest BCUT2D eigenvalue weighted by Gasteiger charge is -2.24. The van der Waals surface area contributed by atoms with E-state index in [1.54, 1.807) is 0 Å². The van der Waals surface area contributed by atoms with Crippen LogP contribution in [-0.4, -0.2) is 38.0 Å². The van der Waals surface area contributed by atoms with Crippen molar-refractivity contribution in [3.8, 4) is 0 Å². The average Bonchev–Trinajstić information content (AvgIpc) is 1.91. The summed E-state index contributed by atoms with van der Waals surface area (Å²) in [6.45, 7) is 6.65. The number of ether oxygens (including phenoxy) is 1. The van der Waals surface area contributed by atoms with E-state index in [1.807, 2.05) is 5.01 Å². The quantitative estimate of drug-likeness (QED) is 0.401. The van der Waals surface area contributed by atoms with Crippen LogP contribution in [0.25, 0.3) is 0 Å². The van der Waals surface area contributed by atoms with Crippen molar-refractivity contribution in [2.45, 2.75) is 0 Å². The predicted octanol–water partition coefficient (Wildman–Crippen LogP) is -0.561. The average molecular weight is 129 g/mol. The molecule has 1 saturated heterocycles. The second-order valence-corrected chi connectivity index (χ2v) is 1.86. The molecule has 9 heavy (non-hydrogen) atoms. The summed E-state index contributed by atoms with van der Waals surface area (Å²) >= 11 is 0. The minimum absolute atomic E-state index is 0.780. The highest BCUT2D eigenvalue weighted by Gasteiger charge is 2.07. The first kappa shape index (κ1) is 6.51. The lowest BCUT2D eigenvalue weighted by atomic mass is 10.5. The molecule has 0 radical (unpaired) electrons. The Balaban J connectivity index is 2.15. The van der Waals surface area contributed by atoms with Crippen LogP contribution in [0.15, 0.2) is 5.10 Å². The van der Waals surface area contributed by atoms with Crippen LogP contribution >= 0.6 is 0 Å². The van der Waals surface area contributed by atoms with Crippen molar-refractivity contribution in [1.82, 2.24) is 10.5 Å². The summed E-state index contributed by atoms with van der Waals surface area (Å²) in [4.78, 5) is 0. The van der Waals surface area contributed by atoms with E-state index in [-0.39, 0.29) is 0 Å². The monoisotopic (exact) mass is 129 g/mol. The van der Waals surface area contributed by atoms with Gasteiger partial charge in [-0.25, -0.2) is 10.5 Å². The first-order valence-corrected chi connectivity index (χ1v) is 2.97. The van der Waals surface area contributed by atoms with Gasteiger partial charge in [-0.1, -0.05) is 0 Å². The Bertz CT molecular complexity index is 90.2. The highest BCUT2D eigenvalue weighted by molar-refractivity contribution is 5.22. The van der Waals surface area contributed by atoms with Crippen LogP contribution in [0.1, 0.15) is 0 Å². The molecule has 0 aliphatic carbocycles. The van der Waals surface area contributed by atoms with Crippen LogP contribution in [0.5, 0.6) is 0 Å². The van der Waals surface area contributed by atoms with Crippen LogP contribution in [0.4, 0.5) is 0 Å². The topological polar surface area (TPSA) is 36.9 Å². The summed E-state index contributed by atoms with van der Waals surface area (Å²) in [6, 6.07) is 0. The molecule has 0 saturated carbocycles. The van der Waals surface area contributed by atoms with Gasteiger partial charge in [-0.15, -0.1) is 0 Å². The fraction of sp³-hybridized carbons (Fsp3) is 0.800. The molecule has 0 atom stereocenters. The van der Waals surface area contributed by atoms with Gasteiger partial charge in [0.2, 0.25) is 0 Å². The largest absolute Gasteiger partial charge is 0.379 e. The number of nitrogens with zero attached hydrogens (tertiary/aromatic N) is 2. The van der Waals surface area contributed by atoms with Crippen molar-refractivity contribution in [2.24, 2.45) is 5.10 Å². The Labute approximate surface area is 54.5 Å². The normalized spacial score (nSPS) is 21.3. The van der Waals surface area contributed by atoms with Gasteiger partial charge in [0.05, 0.1) is 13.2 Å². The maximum Gasteiger partial charge on any atom is 0.0613 e. The summed E-state index contributed by atoms with van der Waals surface area (Å²) in [5.41, 5.74) is 2.75. The molecule has 0 amide bonds. The number of rotatable bonds is 2. The molecule has 52 valence electrons. The van der Waals surface area contributed by atoms with Gasteiger partial charge in [-0.05, 0) is 0 Å². The zero-order valence-electron chi connectivity index (χ0n) is 5.34. The van der Waals surface area contributed by atoms with E-state index < -0.39 is 0 Å². The van der Waals surface area contributed by atoms with Crippen LogP contribution < -0.4 is 5.53 Å². The minimum atomic E-state index is 0.780. The fourth-order valence-electron chi connectivity index (χ4n) is 0.763. The predicted molar refractivity (Wildman–Crippen MR) is 35.1 cm³/mol. The number of hydrazone groups is 1. The van der Waals surface area contributed by atoms with Crippen molar-refractivity contribution in [2.75, 3.05) is 26.3 Å². The molecular formula is C5H11N3O. The third kappa shape index (κ3) is 1.99. The smallest absolute Gasteiger partial charge is 0.0613 e. The molecular weight excluding hydrogens is 118 g/mol. The highest BCUT2D eigenvalue weighted by Crippen LogP contribution is 1.90. The summed E-state index contributed by atoms with van der Waals surface area (Å²) in [5.74, 6) is 0. The molecule has 0 aromatic carbocycles. The van der Waals surface area contributed by atoms with Gasteiger partial charge >= 0.3 is 0 Å². The van der Waals surface area contributed by atoms with Gasteiger partial charge in [0, 0.05) is 19.8 Å². The highest BCUT2D eigenvalue weighted by atomic mass is 16.5.